The Morgan fingerprint density at radius 2 is 2.21 bits per heavy atom. The molecule has 0 bridgehead atoms. The van der Waals surface area contributed by atoms with Gasteiger partial charge in [-0.25, -0.2) is 0 Å². The molecule has 0 fully saturated rings. The van der Waals surface area contributed by atoms with Crippen LogP contribution in [0.4, 0.5) is 5.69 Å². The van der Waals surface area contributed by atoms with E-state index >= 15 is 0 Å². The molecule has 0 aromatic heterocycles. The predicted molar refractivity (Wildman–Crippen MR) is 79.0 cm³/mol. The van der Waals surface area contributed by atoms with Crippen LogP contribution in [-0.2, 0) is 6.54 Å². The number of ether oxygens (including phenoxy) is 1. The second kappa shape index (κ2) is 8.77. The van der Waals surface area contributed by atoms with Gasteiger partial charge in [-0.1, -0.05) is 19.9 Å². The Hall–Kier alpha value is -1.27. The minimum Gasteiger partial charge on any atom is -0.486 e. The van der Waals surface area contributed by atoms with E-state index in [1.54, 1.807) is 23.9 Å². The Bertz CT molecular complexity index is 413. The maximum Gasteiger partial charge on any atom is 0.310 e. The zero-order chi connectivity index (χ0) is 14.1. The smallest absolute Gasteiger partial charge is 0.310 e. The van der Waals surface area contributed by atoms with Gasteiger partial charge in [0.25, 0.3) is 0 Å². The summed E-state index contributed by atoms with van der Waals surface area (Å²) in [4.78, 5) is 10.5. The Labute approximate surface area is 117 Å². The Morgan fingerprint density at radius 1 is 1.42 bits per heavy atom. The highest BCUT2D eigenvalue weighted by Crippen LogP contribution is 2.28. The van der Waals surface area contributed by atoms with Crippen LogP contribution in [0, 0.1) is 10.1 Å². The summed E-state index contributed by atoms with van der Waals surface area (Å²) in [7, 11) is 0. The second-order valence-corrected chi connectivity index (χ2v) is 5.28. The van der Waals surface area contributed by atoms with Gasteiger partial charge >= 0.3 is 5.69 Å². The van der Waals surface area contributed by atoms with Crippen LogP contribution in [-0.4, -0.2) is 29.6 Å². The summed E-state index contributed by atoms with van der Waals surface area (Å²) in [6, 6.07) is 5.01. The SMILES string of the molecule is CCNCc1ccc([N+](=O)[O-])c(OCCSCC)c1. The summed E-state index contributed by atoms with van der Waals surface area (Å²) in [5.41, 5.74) is 1.02. The van der Waals surface area contributed by atoms with Crippen LogP contribution in [0.5, 0.6) is 5.75 Å². The van der Waals surface area contributed by atoms with Crippen molar-refractivity contribution in [3.8, 4) is 5.75 Å². The fraction of sp³-hybridized carbons (Fsp3) is 0.538. The van der Waals surface area contributed by atoms with Gasteiger partial charge in [0.15, 0.2) is 5.75 Å². The van der Waals surface area contributed by atoms with Crippen molar-refractivity contribution >= 4 is 17.4 Å². The van der Waals surface area contributed by atoms with Gasteiger partial charge in [0.1, 0.15) is 0 Å². The first-order chi connectivity index (χ1) is 9.19. The quantitative estimate of drug-likeness (QED) is 0.429. The summed E-state index contributed by atoms with van der Waals surface area (Å²) in [6.07, 6.45) is 0. The van der Waals surface area contributed by atoms with Gasteiger partial charge in [-0.3, -0.25) is 10.1 Å². The Balaban J connectivity index is 2.74. The van der Waals surface area contributed by atoms with Gasteiger partial charge < -0.3 is 10.1 Å². The number of nitro benzene ring substituents is 1. The lowest BCUT2D eigenvalue weighted by Crippen LogP contribution is -2.12. The van der Waals surface area contributed by atoms with Crippen molar-refractivity contribution in [1.82, 2.24) is 5.32 Å². The van der Waals surface area contributed by atoms with E-state index in [4.69, 9.17) is 4.74 Å². The number of thioether (sulfide) groups is 1. The average molecular weight is 284 g/mol. The van der Waals surface area contributed by atoms with Crippen LogP contribution in [0.1, 0.15) is 19.4 Å². The van der Waals surface area contributed by atoms with Crippen LogP contribution >= 0.6 is 11.8 Å². The van der Waals surface area contributed by atoms with E-state index in [-0.39, 0.29) is 5.69 Å². The molecule has 0 radical (unpaired) electrons. The van der Waals surface area contributed by atoms with Crippen molar-refractivity contribution < 1.29 is 9.66 Å². The van der Waals surface area contributed by atoms with Crippen molar-refractivity contribution in [1.29, 1.82) is 0 Å². The monoisotopic (exact) mass is 284 g/mol. The van der Waals surface area contributed by atoms with Crippen LogP contribution in [0.15, 0.2) is 18.2 Å². The number of nitro groups is 1. The van der Waals surface area contributed by atoms with Crippen molar-refractivity contribution in [3.63, 3.8) is 0 Å². The largest absolute Gasteiger partial charge is 0.486 e. The maximum atomic E-state index is 10.9. The highest BCUT2D eigenvalue weighted by Gasteiger charge is 2.15. The highest BCUT2D eigenvalue weighted by atomic mass is 32.2. The van der Waals surface area contributed by atoms with Crippen LogP contribution in [0.2, 0.25) is 0 Å². The molecule has 0 spiro atoms. The van der Waals surface area contributed by atoms with Crippen molar-refractivity contribution in [2.24, 2.45) is 0 Å². The van der Waals surface area contributed by atoms with Crippen molar-refractivity contribution in [2.75, 3.05) is 24.7 Å². The molecule has 106 valence electrons. The number of nitrogens with one attached hydrogen (secondary N) is 1. The molecule has 1 rings (SSSR count). The first kappa shape index (κ1) is 15.8. The van der Waals surface area contributed by atoms with E-state index in [2.05, 4.69) is 12.2 Å². The number of hydrogen-bond acceptors (Lipinski definition) is 5. The molecule has 1 N–H and O–H groups in total. The zero-order valence-electron chi connectivity index (χ0n) is 11.3. The average Bonchev–Trinajstić information content (AvgIpc) is 2.41. The van der Waals surface area contributed by atoms with E-state index in [1.807, 2.05) is 6.92 Å². The van der Waals surface area contributed by atoms with Crippen molar-refractivity contribution in [2.45, 2.75) is 20.4 Å². The molecule has 0 saturated heterocycles. The van der Waals surface area contributed by atoms with Gasteiger partial charge in [-0.05, 0) is 23.9 Å². The molecule has 1 aromatic rings. The first-order valence-corrected chi connectivity index (χ1v) is 7.53. The molecule has 0 aliphatic rings. The number of hydrogen-bond donors (Lipinski definition) is 1. The number of benzene rings is 1. The lowest BCUT2D eigenvalue weighted by molar-refractivity contribution is -0.385. The number of nitrogens with zero attached hydrogens (tertiary/aromatic N) is 1. The molecule has 0 amide bonds. The van der Waals surface area contributed by atoms with Gasteiger partial charge in [-0.15, -0.1) is 0 Å². The molecule has 0 aliphatic heterocycles. The Morgan fingerprint density at radius 3 is 2.84 bits per heavy atom. The van der Waals surface area contributed by atoms with Crippen molar-refractivity contribution in [3.05, 3.63) is 33.9 Å². The van der Waals surface area contributed by atoms with E-state index in [0.29, 0.717) is 18.9 Å². The summed E-state index contributed by atoms with van der Waals surface area (Å²) < 4.78 is 5.53. The molecule has 1 aromatic carbocycles. The normalized spacial score (nSPS) is 10.4. The van der Waals surface area contributed by atoms with Gasteiger partial charge in [0.05, 0.1) is 11.5 Å². The summed E-state index contributed by atoms with van der Waals surface area (Å²) in [6.45, 7) is 6.13. The third kappa shape index (κ3) is 5.48. The molecule has 6 heteroatoms. The molecule has 19 heavy (non-hydrogen) atoms. The molecule has 0 aliphatic carbocycles. The molecule has 0 unspecified atom stereocenters. The molecule has 5 nitrogen and oxygen atoms in total. The second-order valence-electron chi connectivity index (χ2n) is 3.88. The van der Waals surface area contributed by atoms with Crippen LogP contribution in [0.25, 0.3) is 0 Å². The molecule has 0 heterocycles. The van der Waals surface area contributed by atoms with Crippen LogP contribution in [0.3, 0.4) is 0 Å². The molecular weight excluding hydrogens is 264 g/mol. The first-order valence-electron chi connectivity index (χ1n) is 6.37. The lowest BCUT2D eigenvalue weighted by atomic mass is 10.2. The molecule has 0 saturated carbocycles. The summed E-state index contributed by atoms with van der Waals surface area (Å²) in [5.74, 6) is 2.22. The topological polar surface area (TPSA) is 64.4 Å². The Kier molecular flexibility index (Phi) is 7.28. The van der Waals surface area contributed by atoms with E-state index in [9.17, 15) is 10.1 Å². The third-order valence-corrected chi connectivity index (χ3v) is 3.35. The standard InChI is InChI=1S/C13H20N2O3S/c1-3-14-10-11-5-6-12(15(16)17)13(9-11)18-7-8-19-4-2/h5-6,9,14H,3-4,7-8,10H2,1-2H3. The van der Waals surface area contributed by atoms with Gasteiger partial charge in [-0.2, -0.15) is 11.8 Å². The van der Waals surface area contributed by atoms with E-state index in [1.165, 1.54) is 6.07 Å². The predicted octanol–water partition coefficient (Wildman–Crippen LogP) is 2.84. The fourth-order valence-electron chi connectivity index (χ4n) is 1.56. The van der Waals surface area contributed by atoms with Gasteiger partial charge in [0.2, 0.25) is 0 Å². The minimum atomic E-state index is -0.403. The van der Waals surface area contributed by atoms with Crippen LogP contribution < -0.4 is 10.1 Å². The lowest BCUT2D eigenvalue weighted by Gasteiger charge is -2.09. The zero-order valence-corrected chi connectivity index (χ0v) is 12.2. The maximum absolute atomic E-state index is 10.9. The third-order valence-electron chi connectivity index (χ3n) is 2.49. The van der Waals surface area contributed by atoms with Gasteiger partial charge in [0, 0.05) is 18.4 Å². The summed E-state index contributed by atoms with van der Waals surface area (Å²) in [5, 5.41) is 14.1. The van der Waals surface area contributed by atoms with E-state index in [0.717, 1.165) is 23.6 Å². The molecular formula is C13H20N2O3S. The van der Waals surface area contributed by atoms with E-state index < -0.39 is 4.92 Å². The minimum absolute atomic E-state index is 0.0294. The summed E-state index contributed by atoms with van der Waals surface area (Å²) >= 11 is 1.75. The highest BCUT2D eigenvalue weighted by molar-refractivity contribution is 7.99. The molecule has 0 atom stereocenters. The number of rotatable bonds is 9. The fourth-order valence-corrected chi connectivity index (χ4v) is 2.05.